The highest BCUT2D eigenvalue weighted by atomic mass is 35.5. The van der Waals surface area contributed by atoms with Gasteiger partial charge in [-0.15, -0.1) is 10.2 Å². The summed E-state index contributed by atoms with van der Waals surface area (Å²) in [5, 5.41) is 9.96. The number of halogens is 1. The van der Waals surface area contributed by atoms with Gasteiger partial charge in [-0.2, -0.15) is 0 Å². The molecule has 10 heteroatoms. The van der Waals surface area contributed by atoms with Crippen LogP contribution >= 0.6 is 11.6 Å². The van der Waals surface area contributed by atoms with E-state index in [4.69, 9.17) is 16.3 Å². The highest BCUT2D eigenvalue weighted by Crippen LogP contribution is 2.23. The number of carbonyl (C=O) groups excluding carboxylic acids is 1. The lowest BCUT2D eigenvalue weighted by atomic mass is 10.2. The molecule has 0 unspecified atom stereocenters. The third-order valence-corrected chi connectivity index (χ3v) is 7.84. The van der Waals surface area contributed by atoms with Crippen LogP contribution in [0.1, 0.15) is 17.8 Å². The van der Waals surface area contributed by atoms with Crippen molar-refractivity contribution in [3.05, 3.63) is 99.6 Å². The van der Waals surface area contributed by atoms with E-state index in [2.05, 4.69) is 21.2 Å². The number of hydrogen-bond acceptors (Lipinski definition) is 6. The Labute approximate surface area is 236 Å². The molecule has 0 spiro atoms. The molecule has 2 aromatic heterocycles. The lowest BCUT2D eigenvalue weighted by molar-refractivity contribution is -0.131. The summed E-state index contributed by atoms with van der Waals surface area (Å²) in [5.74, 6) is 1.97. The number of methoxy groups -OCH3 is 1. The highest BCUT2D eigenvalue weighted by Gasteiger charge is 2.23. The SMILES string of the molecule is COc1cccc(N2CCN(C(=O)CCc3nnc4n(Cc5ccccc5Cl)c(=O)c5ccccc5n34)CC2)c1. The Morgan fingerprint density at radius 2 is 1.73 bits per heavy atom. The topological polar surface area (TPSA) is 85.0 Å². The Kier molecular flexibility index (Phi) is 7.13. The molecule has 9 nitrogen and oxygen atoms in total. The summed E-state index contributed by atoms with van der Waals surface area (Å²) in [4.78, 5) is 30.8. The molecule has 3 heterocycles. The smallest absolute Gasteiger partial charge is 0.263 e. The first kappa shape index (κ1) is 25.9. The third-order valence-electron chi connectivity index (χ3n) is 7.47. The number of fused-ring (bicyclic) bond motifs is 3. The Hall–Kier alpha value is -4.37. The lowest BCUT2D eigenvalue weighted by Crippen LogP contribution is -2.48. The quantitative estimate of drug-likeness (QED) is 0.301. The van der Waals surface area contributed by atoms with Crippen molar-refractivity contribution in [1.29, 1.82) is 0 Å². The van der Waals surface area contributed by atoms with E-state index in [-0.39, 0.29) is 18.0 Å². The molecule has 6 rings (SSSR count). The highest BCUT2D eigenvalue weighted by molar-refractivity contribution is 6.31. The molecule has 5 aromatic rings. The number of anilines is 1. The van der Waals surface area contributed by atoms with E-state index >= 15 is 0 Å². The van der Waals surface area contributed by atoms with Crippen molar-refractivity contribution in [2.45, 2.75) is 19.4 Å². The van der Waals surface area contributed by atoms with Crippen molar-refractivity contribution >= 4 is 39.9 Å². The van der Waals surface area contributed by atoms with Crippen molar-refractivity contribution < 1.29 is 9.53 Å². The van der Waals surface area contributed by atoms with Gasteiger partial charge in [-0.1, -0.05) is 48.0 Å². The van der Waals surface area contributed by atoms with E-state index in [0.717, 1.165) is 35.6 Å². The second kappa shape index (κ2) is 11.0. The van der Waals surface area contributed by atoms with Crippen LogP contribution < -0.4 is 15.2 Å². The van der Waals surface area contributed by atoms with E-state index in [1.54, 1.807) is 23.8 Å². The van der Waals surface area contributed by atoms with Gasteiger partial charge in [-0.05, 0) is 35.9 Å². The molecule has 1 amide bonds. The third kappa shape index (κ3) is 4.88. The zero-order chi connectivity index (χ0) is 27.6. The number of aryl methyl sites for hydroxylation is 1. The van der Waals surface area contributed by atoms with Gasteiger partial charge in [-0.3, -0.25) is 18.6 Å². The first-order valence-corrected chi connectivity index (χ1v) is 13.7. The summed E-state index contributed by atoms with van der Waals surface area (Å²) in [6.45, 7) is 3.08. The Balaban J connectivity index is 1.22. The van der Waals surface area contributed by atoms with E-state index in [9.17, 15) is 9.59 Å². The summed E-state index contributed by atoms with van der Waals surface area (Å²) in [7, 11) is 1.66. The molecular weight excluding hydrogens is 528 g/mol. The van der Waals surface area contributed by atoms with E-state index in [0.29, 0.717) is 47.9 Å². The number of para-hydroxylation sites is 1. The molecular formula is C30H29ClN6O3. The second-order valence-corrected chi connectivity index (χ2v) is 10.2. The number of carbonyl (C=O) groups is 1. The minimum Gasteiger partial charge on any atom is -0.497 e. The lowest BCUT2D eigenvalue weighted by Gasteiger charge is -2.36. The van der Waals surface area contributed by atoms with Crippen LogP contribution in [-0.2, 0) is 17.8 Å². The Morgan fingerprint density at radius 1 is 0.950 bits per heavy atom. The molecule has 0 atom stereocenters. The van der Waals surface area contributed by atoms with E-state index in [1.807, 2.05) is 63.9 Å². The van der Waals surface area contributed by atoms with Gasteiger partial charge >= 0.3 is 0 Å². The molecule has 3 aromatic carbocycles. The minimum absolute atomic E-state index is 0.0794. The number of ether oxygens (including phenoxy) is 1. The molecule has 1 fully saturated rings. The van der Waals surface area contributed by atoms with Gasteiger partial charge in [0.25, 0.3) is 5.56 Å². The van der Waals surface area contributed by atoms with Crippen molar-refractivity contribution in [2.75, 3.05) is 38.2 Å². The number of rotatable bonds is 7. The standard InChI is InChI=1S/C30H29ClN6O3/c1-40-23-9-6-8-22(19-23)34-15-17-35(18-16-34)28(38)14-13-27-32-33-30-36(20-21-7-2-4-11-25(21)31)29(39)24-10-3-5-12-26(24)37(27)30/h2-12,19H,13-18,20H2,1H3. The maximum absolute atomic E-state index is 13.5. The fourth-order valence-electron chi connectivity index (χ4n) is 5.31. The number of amides is 1. The number of benzene rings is 3. The van der Waals surface area contributed by atoms with E-state index < -0.39 is 0 Å². The van der Waals surface area contributed by atoms with Crippen LogP contribution in [0.25, 0.3) is 16.7 Å². The number of hydrogen-bond donors (Lipinski definition) is 0. The van der Waals surface area contributed by atoms with Crippen LogP contribution in [0.2, 0.25) is 5.02 Å². The average Bonchev–Trinajstić information content (AvgIpc) is 3.43. The maximum atomic E-state index is 13.5. The van der Waals surface area contributed by atoms with E-state index in [1.165, 1.54) is 0 Å². The number of piperazine rings is 1. The van der Waals surface area contributed by atoms with Gasteiger partial charge in [0.2, 0.25) is 11.7 Å². The van der Waals surface area contributed by atoms with Crippen molar-refractivity contribution in [3.8, 4) is 5.75 Å². The average molecular weight is 557 g/mol. The van der Waals surface area contributed by atoms with Crippen LogP contribution in [0.15, 0.2) is 77.6 Å². The van der Waals surface area contributed by atoms with Crippen LogP contribution in [0.3, 0.4) is 0 Å². The van der Waals surface area contributed by atoms with Crippen molar-refractivity contribution in [2.24, 2.45) is 0 Å². The molecule has 1 saturated heterocycles. The normalized spacial score (nSPS) is 13.8. The van der Waals surface area contributed by atoms with Gasteiger partial charge in [0, 0.05) is 55.8 Å². The fraction of sp³-hybridized carbons (Fsp3) is 0.267. The number of nitrogens with zero attached hydrogens (tertiary/aromatic N) is 6. The van der Waals surface area contributed by atoms with Crippen molar-refractivity contribution in [1.82, 2.24) is 24.1 Å². The molecule has 0 N–H and O–H groups in total. The zero-order valence-electron chi connectivity index (χ0n) is 22.2. The molecule has 0 aliphatic carbocycles. The summed E-state index contributed by atoms with van der Waals surface area (Å²) in [6.07, 6.45) is 0.711. The first-order chi connectivity index (χ1) is 19.5. The zero-order valence-corrected chi connectivity index (χ0v) is 22.9. The Morgan fingerprint density at radius 3 is 2.52 bits per heavy atom. The van der Waals surface area contributed by atoms with Gasteiger partial charge in [0.05, 0.1) is 24.6 Å². The molecule has 1 aliphatic rings. The second-order valence-electron chi connectivity index (χ2n) is 9.82. The predicted octanol–water partition coefficient (Wildman–Crippen LogP) is 4.04. The first-order valence-electron chi connectivity index (χ1n) is 13.3. The summed E-state index contributed by atoms with van der Waals surface area (Å²) in [5.41, 5.74) is 2.47. The Bertz CT molecular complexity index is 1760. The summed E-state index contributed by atoms with van der Waals surface area (Å²) >= 11 is 6.41. The molecule has 40 heavy (non-hydrogen) atoms. The van der Waals surface area contributed by atoms with Gasteiger partial charge in [0.1, 0.15) is 11.6 Å². The van der Waals surface area contributed by atoms with Gasteiger partial charge in [-0.25, -0.2) is 0 Å². The summed E-state index contributed by atoms with van der Waals surface area (Å²) < 4.78 is 8.84. The van der Waals surface area contributed by atoms with Gasteiger partial charge < -0.3 is 14.5 Å². The van der Waals surface area contributed by atoms with Crippen LogP contribution in [0.5, 0.6) is 5.75 Å². The predicted molar refractivity (Wildman–Crippen MR) is 155 cm³/mol. The summed E-state index contributed by atoms with van der Waals surface area (Å²) in [6, 6.07) is 22.8. The molecule has 1 aliphatic heterocycles. The van der Waals surface area contributed by atoms with Gasteiger partial charge in [0.15, 0.2) is 0 Å². The number of aromatic nitrogens is 4. The molecule has 0 radical (unpaired) electrons. The van der Waals surface area contributed by atoms with Crippen LogP contribution in [0, 0.1) is 0 Å². The maximum Gasteiger partial charge on any atom is 0.263 e. The molecule has 0 bridgehead atoms. The van der Waals surface area contributed by atoms with Crippen LogP contribution in [0.4, 0.5) is 5.69 Å². The fourth-order valence-corrected chi connectivity index (χ4v) is 5.51. The minimum atomic E-state index is -0.160. The molecule has 0 saturated carbocycles. The van der Waals surface area contributed by atoms with Crippen LogP contribution in [-0.4, -0.2) is 63.3 Å². The monoisotopic (exact) mass is 556 g/mol. The largest absolute Gasteiger partial charge is 0.497 e. The molecule has 204 valence electrons. The van der Waals surface area contributed by atoms with Crippen molar-refractivity contribution in [3.63, 3.8) is 0 Å².